The van der Waals surface area contributed by atoms with Crippen molar-refractivity contribution in [2.24, 2.45) is 0 Å². The van der Waals surface area contributed by atoms with Gasteiger partial charge in [0.2, 0.25) is 0 Å². The van der Waals surface area contributed by atoms with Crippen molar-refractivity contribution in [3.63, 3.8) is 0 Å². The molecule has 94 valence electrons. The van der Waals surface area contributed by atoms with Gasteiger partial charge in [0.05, 0.1) is 12.8 Å². The number of esters is 1. The Morgan fingerprint density at radius 2 is 2.00 bits per heavy atom. The molecule has 2 N–H and O–H groups in total. The molecule has 0 aliphatic rings. The zero-order valence-corrected chi connectivity index (χ0v) is 10.5. The molecule has 0 amide bonds. The minimum atomic E-state index is -0.336. The highest BCUT2D eigenvalue weighted by atomic mass is 16.5. The molecule has 0 fully saturated rings. The van der Waals surface area contributed by atoms with Gasteiger partial charge in [-0.25, -0.2) is 4.79 Å². The lowest BCUT2D eigenvalue weighted by molar-refractivity contribution is 0.0589. The molecule has 0 aliphatic carbocycles. The number of ether oxygens (including phenoxy) is 1. The molecule has 1 aromatic heterocycles. The molecule has 0 saturated heterocycles. The first kappa shape index (κ1) is 12.2. The van der Waals surface area contributed by atoms with Crippen LogP contribution in [0.4, 0.5) is 5.69 Å². The van der Waals surface area contributed by atoms with Crippen molar-refractivity contribution in [1.29, 1.82) is 0 Å². The van der Waals surface area contributed by atoms with Crippen LogP contribution in [0.1, 0.15) is 17.4 Å². The molecule has 4 nitrogen and oxygen atoms in total. The Bertz CT molecular complexity index is 573. The summed E-state index contributed by atoms with van der Waals surface area (Å²) in [5, 5.41) is 0. The van der Waals surface area contributed by atoms with Crippen LogP contribution in [0, 0.1) is 0 Å². The lowest BCUT2D eigenvalue weighted by Crippen LogP contribution is -2.10. The minimum absolute atomic E-state index is 0.336. The number of hydrogen-bond acceptors (Lipinski definition) is 3. The van der Waals surface area contributed by atoms with Gasteiger partial charge in [-0.3, -0.25) is 0 Å². The maximum Gasteiger partial charge on any atom is 0.354 e. The number of hydrogen-bond donors (Lipinski definition) is 1. The molecule has 2 aromatic rings. The number of para-hydroxylation sites is 1. The lowest BCUT2D eigenvalue weighted by Gasteiger charge is -2.11. The van der Waals surface area contributed by atoms with Gasteiger partial charge in [0.15, 0.2) is 0 Å². The van der Waals surface area contributed by atoms with E-state index in [4.69, 9.17) is 10.5 Å². The molecule has 1 heterocycles. The van der Waals surface area contributed by atoms with Crippen LogP contribution < -0.4 is 5.73 Å². The third kappa shape index (κ3) is 1.97. The summed E-state index contributed by atoms with van der Waals surface area (Å²) >= 11 is 0. The zero-order valence-electron chi connectivity index (χ0n) is 10.5. The second kappa shape index (κ2) is 4.96. The average molecular weight is 244 g/mol. The molecule has 0 spiro atoms. The third-order valence-electron chi connectivity index (χ3n) is 2.93. The quantitative estimate of drug-likeness (QED) is 0.666. The smallest absolute Gasteiger partial charge is 0.354 e. The van der Waals surface area contributed by atoms with Crippen LogP contribution in [0.25, 0.3) is 11.3 Å². The highest BCUT2D eigenvalue weighted by Gasteiger charge is 2.16. The Kier molecular flexibility index (Phi) is 3.37. The molecule has 0 saturated carbocycles. The van der Waals surface area contributed by atoms with Gasteiger partial charge in [-0.2, -0.15) is 0 Å². The number of rotatable bonds is 3. The fourth-order valence-electron chi connectivity index (χ4n) is 2.06. The van der Waals surface area contributed by atoms with Crippen LogP contribution in [0.3, 0.4) is 0 Å². The van der Waals surface area contributed by atoms with Crippen molar-refractivity contribution in [2.75, 3.05) is 12.8 Å². The predicted octanol–water partition coefficient (Wildman–Crippen LogP) is 2.54. The summed E-state index contributed by atoms with van der Waals surface area (Å²) in [6.45, 7) is 2.66. The standard InChI is InChI=1S/C14H16N2O2/c1-3-16-12(8-9-13(16)14(17)18-2)10-6-4-5-7-11(10)15/h4-9H,3,15H2,1-2H3. The van der Waals surface area contributed by atoms with Crippen LogP contribution in [0.2, 0.25) is 0 Å². The van der Waals surface area contributed by atoms with Gasteiger partial charge in [-0.1, -0.05) is 18.2 Å². The van der Waals surface area contributed by atoms with Crippen molar-refractivity contribution in [3.8, 4) is 11.3 Å². The second-order valence-electron chi connectivity index (χ2n) is 3.93. The average Bonchev–Trinajstić information content (AvgIpc) is 2.81. The Labute approximate surface area is 106 Å². The third-order valence-corrected chi connectivity index (χ3v) is 2.93. The van der Waals surface area contributed by atoms with E-state index in [9.17, 15) is 4.79 Å². The van der Waals surface area contributed by atoms with E-state index < -0.39 is 0 Å². The first-order valence-corrected chi connectivity index (χ1v) is 5.81. The number of nitrogen functional groups attached to an aromatic ring is 1. The van der Waals surface area contributed by atoms with E-state index in [-0.39, 0.29) is 5.97 Å². The van der Waals surface area contributed by atoms with Gasteiger partial charge in [0, 0.05) is 17.8 Å². The number of aromatic nitrogens is 1. The van der Waals surface area contributed by atoms with E-state index in [0.717, 1.165) is 11.3 Å². The maximum absolute atomic E-state index is 11.6. The van der Waals surface area contributed by atoms with Crippen LogP contribution in [-0.2, 0) is 11.3 Å². The van der Waals surface area contributed by atoms with Gasteiger partial charge in [-0.15, -0.1) is 0 Å². The van der Waals surface area contributed by atoms with Crippen molar-refractivity contribution < 1.29 is 9.53 Å². The van der Waals surface area contributed by atoms with Crippen molar-refractivity contribution >= 4 is 11.7 Å². The molecule has 18 heavy (non-hydrogen) atoms. The normalized spacial score (nSPS) is 10.3. The maximum atomic E-state index is 11.6. The molecular formula is C14H16N2O2. The fraction of sp³-hybridized carbons (Fsp3) is 0.214. The summed E-state index contributed by atoms with van der Waals surface area (Å²) in [7, 11) is 1.38. The van der Waals surface area contributed by atoms with Crippen LogP contribution in [-0.4, -0.2) is 17.6 Å². The number of anilines is 1. The van der Waals surface area contributed by atoms with Crippen LogP contribution >= 0.6 is 0 Å². The number of benzene rings is 1. The molecule has 0 unspecified atom stereocenters. The van der Waals surface area contributed by atoms with E-state index in [2.05, 4.69) is 0 Å². The summed E-state index contributed by atoms with van der Waals surface area (Å²) in [5.41, 5.74) is 9.05. The topological polar surface area (TPSA) is 57.2 Å². The molecule has 0 atom stereocenters. The van der Waals surface area contributed by atoms with Gasteiger partial charge in [-0.05, 0) is 25.1 Å². The number of methoxy groups -OCH3 is 1. The first-order valence-electron chi connectivity index (χ1n) is 5.81. The van der Waals surface area contributed by atoms with E-state index in [1.807, 2.05) is 41.8 Å². The predicted molar refractivity (Wildman–Crippen MR) is 71.3 cm³/mol. The summed E-state index contributed by atoms with van der Waals surface area (Å²) in [6.07, 6.45) is 0. The summed E-state index contributed by atoms with van der Waals surface area (Å²) in [6, 6.07) is 11.3. The Hall–Kier alpha value is -2.23. The number of carbonyl (C=O) groups is 1. The van der Waals surface area contributed by atoms with E-state index >= 15 is 0 Å². The van der Waals surface area contributed by atoms with Gasteiger partial charge < -0.3 is 15.0 Å². The van der Waals surface area contributed by atoms with Gasteiger partial charge >= 0.3 is 5.97 Å². The number of nitrogens with two attached hydrogens (primary N) is 1. The van der Waals surface area contributed by atoms with Crippen LogP contribution in [0.5, 0.6) is 0 Å². The molecule has 4 heteroatoms. The number of nitrogens with zero attached hydrogens (tertiary/aromatic N) is 1. The molecular weight excluding hydrogens is 228 g/mol. The zero-order chi connectivity index (χ0) is 13.1. The molecule has 2 rings (SSSR count). The molecule has 0 radical (unpaired) electrons. The Morgan fingerprint density at radius 3 is 2.61 bits per heavy atom. The number of carbonyl (C=O) groups excluding carboxylic acids is 1. The Balaban J connectivity index is 2.56. The highest BCUT2D eigenvalue weighted by molar-refractivity contribution is 5.90. The van der Waals surface area contributed by atoms with Gasteiger partial charge in [0.1, 0.15) is 5.69 Å². The summed E-state index contributed by atoms with van der Waals surface area (Å²) in [5.74, 6) is -0.336. The highest BCUT2D eigenvalue weighted by Crippen LogP contribution is 2.27. The largest absolute Gasteiger partial charge is 0.464 e. The molecule has 1 aromatic carbocycles. The minimum Gasteiger partial charge on any atom is -0.464 e. The molecule has 0 aliphatic heterocycles. The Morgan fingerprint density at radius 1 is 1.28 bits per heavy atom. The van der Waals surface area contributed by atoms with Crippen LogP contribution in [0.15, 0.2) is 36.4 Å². The summed E-state index contributed by atoms with van der Waals surface area (Å²) in [4.78, 5) is 11.6. The van der Waals surface area contributed by atoms with E-state index in [1.54, 1.807) is 6.07 Å². The van der Waals surface area contributed by atoms with Gasteiger partial charge in [0.25, 0.3) is 0 Å². The summed E-state index contributed by atoms with van der Waals surface area (Å²) < 4.78 is 6.67. The lowest BCUT2D eigenvalue weighted by atomic mass is 10.1. The van der Waals surface area contributed by atoms with Crippen molar-refractivity contribution in [1.82, 2.24) is 4.57 Å². The van der Waals surface area contributed by atoms with E-state index in [0.29, 0.717) is 17.9 Å². The SMILES string of the molecule is CCn1c(C(=O)OC)ccc1-c1ccccc1N. The second-order valence-corrected chi connectivity index (χ2v) is 3.93. The monoisotopic (exact) mass is 244 g/mol. The van der Waals surface area contributed by atoms with E-state index in [1.165, 1.54) is 7.11 Å². The van der Waals surface area contributed by atoms with Crippen molar-refractivity contribution in [2.45, 2.75) is 13.5 Å². The van der Waals surface area contributed by atoms with Crippen molar-refractivity contribution in [3.05, 3.63) is 42.1 Å². The first-order chi connectivity index (χ1) is 8.69. The molecule has 0 bridgehead atoms. The fourth-order valence-corrected chi connectivity index (χ4v) is 2.06.